The molecule has 0 bridgehead atoms. The minimum atomic E-state index is 0.703. The molecule has 1 fully saturated rings. The zero-order valence-electron chi connectivity index (χ0n) is 10.1. The highest BCUT2D eigenvalue weighted by atomic mass is 35.5. The van der Waals surface area contributed by atoms with Gasteiger partial charge in [0.2, 0.25) is 0 Å². The zero-order chi connectivity index (χ0) is 11.9. The maximum absolute atomic E-state index is 5.85. The van der Waals surface area contributed by atoms with Crippen molar-refractivity contribution in [2.24, 2.45) is 5.92 Å². The summed E-state index contributed by atoms with van der Waals surface area (Å²) in [6.07, 6.45) is 3.57. The summed E-state index contributed by atoms with van der Waals surface area (Å²) in [6, 6.07) is 8.08. The molecule has 1 N–H and O–H groups in total. The second-order valence-corrected chi connectivity index (χ2v) is 5.10. The van der Waals surface area contributed by atoms with Gasteiger partial charge in [0.25, 0.3) is 0 Å². The van der Waals surface area contributed by atoms with Gasteiger partial charge in [-0.3, -0.25) is 0 Å². The van der Waals surface area contributed by atoms with Crippen molar-refractivity contribution < 1.29 is 4.74 Å². The molecule has 1 heterocycles. The van der Waals surface area contributed by atoms with E-state index in [1.807, 2.05) is 12.1 Å². The first-order chi connectivity index (χ1) is 8.34. The molecule has 1 saturated heterocycles. The Morgan fingerprint density at radius 3 is 2.82 bits per heavy atom. The Bertz CT molecular complexity index is 319. The summed E-state index contributed by atoms with van der Waals surface area (Å²) in [6.45, 7) is 3.97. The lowest BCUT2D eigenvalue weighted by atomic mass is 10.0. The first kappa shape index (κ1) is 12.9. The Labute approximate surface area is 108 Å². The Morgan fingerprint density at radius 1 is 1.29 bits per heavy atom. The van der Waals surface area contributed by atoms with E-state index in [0.717, 1.165) is 37.7 Å². The van der Waals surface area contributed by atoms with Gasteiger partial charge in [0.05, 0.1) is 6.61 Å². The lowest BCUT2D eigenvalue weighted by Gasteiger charge is -2.22. The molecule has 1 aliphatic heterocycles. The summed E-state index contributed by atoms with van der Waals surface area (Å²) in [5, 5.41) is 4.31. The molecule has 0 radical (unpaired) electrons. The highest BCUT2D eigenvalue weighted by Gasteiger charge is 2.12. The van der Waals surface area contributed by atoms with Crippen LogP contribution < -0.4 is 5.32 Å². The zero-order valence-corrected chi connectivity index (χ0v) is 10.9. The van der Waals surface area contributed by atoms with Gasteiger partial charge in [0.15, 0.2) is 0 Å². The van der Waals surface area contributed by atoms with Crippen LogP contribution in [0.15, 0.2) is 24.3 Å². The van der Waals surface area contributed by atoms with Crippen LogP contribution >= 0.6 is 11.6 Å². The predicted molar refractivity (Wildman–Crippen MR) is 71.6 cm³/mol. The number of hydrogen-bond acceptors (Lipinski definition) is 2. The van der Waals surface area contributed by atoms with Crippen molar-refractivity contribution >= 4 is 11.6 Å². The molecular weight excluding hydrogens is 234 g/mol. The summed E-state index contributed by atoms with van der Waals surface area (Å²) < 4.78 is 5.46. The van der Waals surface area contributed by atoms with E-state index in [0.29, 0.717) is 5.92 Å². The fourth-order valence-electron chi connectivity index (χ4n) is 2.16. The summed E-state index contributed by atoms with van der Waals surface area (Å²) in [5.41, 5.74) is 1.33. The molecule has 0 amide bonds. The molecule has 0 saturated carbocycles. The first-order valence-electron chi connectivity index (χ1n) is 6.37. The smallest absolute Gasteiger partial charge is 0.0506 e. The maximum atomic E-state index is 5.85. The Balaban J connectivity index is 1.60. The molecule has 0 spiro atoms. The quantitative estimate of drug-likeness (QED) is 0.815. The van der Waals surface area contributed by atoms with Crippen LogP contribution in [0, 0.1) is 5.92 Å². The van der Waals surface area contributed by atoms with Gasteiger partial charge in [-0.25, -0.2) is 0 Å². The van der Waals surface area contributed by atoms with Gasteiger partial charge in [-0.2, -0.15) is 0 Å². The minimum Gasteiger partial charge on any atom is -0.381 e. The number of ether oxygens (including phenoxy) is 1. The lowest BCUT2D eigenvalue weighted by molar-refractivity contribution is 0.0550. The Hall–Kier alpha value is -0.570. The molecule has 17 heavy (non-hydrogen) atoms. The molecule has 1 aromatic rings. The first-order valence-corrected chi connectivity index (χ1v) is 6.75. The molecule has 2 nitrogen and oxygen atoms in total. The van der Waals surface area contributed by atoms with E-state index in [1.165, 1.54) is 18.4 Å². The molecule has 0 aromatic heterocycles. The third-order valence-electron chi connectivity index (χ3n) is 3.19. The van der Waals surface area contributed by atoms with E-state index in [1.54, 1.807) is 0 Å². The molecule has 0 aliphatic carbocycles. The molecule has 1 aromatic carbocycles. The van der Waals surface area contributed by atoms with Crippen molar-refractivity contribution in [2.75, 3.05) is 26.3 Å². The largest absolute Gasteiger partial charge is 0.381 e. The summed E-state index contributed by atoms with van der Waals surface area (Å²) in [5.74, 6) is 0.703. The minimum absolute atomic E-state index is 0.703. The molecule has 1 atom stereocenters. The molecule has 2 rings (SSSR count). The number of nitrogens with one attached hydrogen (secondary N) is 1. The highest BCUT2D eigenvalue weighted by Crippen LogP contribution is 2.12. The van der Waals surface area contributed by atoms with Gasteiger partial charge >= 0.3 is 0 Å². The number of rotatable bonds is 5. The van der Waals surface area contributed by atoms with Crippen molar-refractivity contribution in [3.05, 3.63) is 34.9 Å². The van der Waals surface area contributed by atoms with E-state index in [4.69, 9.17) is 16.3 Å². The molecule has 1 aliphatic rings. The number of halogens is 1. The van der Waals surface area contributed by atoms with Gasteiger partial charge < -0.3 is 10.1 Å². The van der Waals surface area contributed by atoms with E-state index < -0.39 is 0 Å². The number of hydrogen-bond donors (Lipinski definition) is 1. The average Bonchev–Trinajstić information content (AvgIpc) is 2.38. The Morgan fingerprint density at radius 2 is 2.12 bits per heavy atom. The van der Waals surface area contributed by atoms with Crippen LogP contribution in [0.25, 0.3) is 0 Å². The second-order valence-electron chi connectivity index (χ2n) is 4.66. The fourth-order valence-corrected chi connectivity index (χ4v) is 2.28. The van der Waals surface area contributed by atoms with Crippen LogP contribution in [-0.4, -0.2) is 26.3 Å². The molecule has 1 unspecified atom stereocenters. The standard InChI is InChI=1S/C14H20ClNO/c15-14-5-3-12(4-6-14)7-8-16-10-13-2-1-9-17-11-13/h3-6,13,16H,1-2,7-11H2. The van der Waals surface area contributed by atoms with Crippen LogP contribution in [0.5, 0.6) is 0 Å². The monoisotopic (exact) mass is 253 g/mol. The van der Waals surface area contributed by atoms with Crippen molar-refractivity contribution in [2.45, 2.75) is 19.3 Å². The topological polar surface area (TPSA) is 21.3 Å². The van der Waals surface area contributed by atoms with Crippen molar-refractivity contribution in [3.63, 3.8) is 0 Å². The number of benzene rings is 1. The van der Waals surface area contributed by atoms with Crippen LogP contribution in [0.3, 0.4) is 0 Å². The van der Waals surface area contributed by atoms with Crippen molar-refractivity contribution in [3.8, 4) is 0 Å². The molecular formula is C14H20ClNO. The van der Waals surface area contributed by atoms with E-state index in [-0.39, 0.29) is 0 Å². The summed E-state index contributed by atoms with van der Waals surface area (Å²) >= 11 is 5.85. The fraction of sp³-hybridized carbons (Fsp3) is 0.571. The van der Waals surface area contributed by atoms with Crippen LogP contribution in [0.1, 0.15) is 18.4 Å². The summed E-state index contributed by atoms with van der Waals surface area (Å²) in [4.78, 5) is 0. The van der Waals surface area contributed by atoms with E-state index in [9.17, 15) is 0 Å². The normalized spacial score (nSPS) is 20.4. The van der Waals surface area contributed by atoms with Crippen LogP contribution in [0.4, 0.5) is 0 Å². The third kappa shape index (κ3) is 4.66. The van der Waals surface area contributed by atoms with Crippen LogP contribution in [-0.2, 0) is 11.2 Å². The molecule has 3 heteroatoms. The lowest BCUT2D eigenvalue weighted by Crippen LogP contribution is -2.30. The van der Waals surface area contributed by atoms with Gasteiger partial charge in [-0.1, -0.05) is 23.7 Å². The average molecular weight is 254 g/mol. The van der Waals surface area contributed by atoms with E-state index >= 15 is 0 Å². The van der Waals surface area contributed by atoms with E-state index in [2.05, 4.69) is 17.4 Å². The van der Waals surface area contributed by atoms with Gasteiger partial charge in [-0.15, -0.1) is 0 Å². The van der Waals surface area contributed by atoms with Gasteiger partial charge in [-0.05, 0) is 49.4 Å². The van der Waals surface area contributed by atoms with Crippen molar-refractivity contribution in [1.82, 2.24) is 5.32 Å². The SMILES string of the molecule is Clc1ccc(CCNCC2CCCOC2)cc1. The van der Waals surface area contributed by atoms with Crippen LogP contribution in [0.2, 0.25) is 5.02 Å². The second kappa shape index (κ2) is 7.00. The van der Waals surface area contributed by atoms with Gasteiger partial charge in [0, 0.05) is 18.2 Å². The predicted octanol–water partition coefficient (Wildman–Crippen LogP) is 2.90. The van der Waals surface area contributed by atoms with Crippen molar-refractivity contribution in [1.29, 1.82) is 0 Å². The highest BCUT2D eigenvalue weighted by molar-refractivity contribution is 6.30. The molecule has 94 valence electrons. The Kier molecular flexibility index (Phi) is 5.30. The maximum Gasteiger partial charge on any atom is 0.0506 e. The van der Waals surface area contributed by atoms with Gasteiger partial charge in [0.1, 0.15) is 0 Å². The third-order valence-corrected chi connectivity index (χ3v) is 3.44. The summed E-state index contributed by atoms with van der Waals surface area (Å²) in [7, 11) is 0.